The van der Waals surface area contributed by atoms with E-state index in [4.69, 9.17) is 10.1 Å². The predicted octanol–water partition coefficient (Wildman–Crippen LogP) is 4.05. The summed E-state index contributed by atoms with van der Waals surface area (Å²) in [5, 5.41) is 14.9. The van der Waals surface area contributed by atoms with Gasteiger partial charge in [0, 0.05) is 43.6 Å². The number of amidine groups is 1. The number of amides is 1. The molecule has 0 bridgehead atoms. The molecule has 0 aromatic heterocycles. The number of fused-ring (bicyclic) bond motifs is 1. The average molecular weight is 447 g/mol. The lowest BCUT2D eigenvalue weighted by atomic mass is 9.81. The van der Waals surface area contributed by atoms with Crippen LogP contribution in [0.25, 0.3) is 5.57 Å². The Bertz CT molecular complexity index is 1050. The van der Waals surface area contributed by atoms with Crippen LogP contribution >= 0.6 is 0 Å². The molecule has 0 unspecified atom stereocenters. The molecular formula is C27H34N4O2. The van der Waals surface area contributed by atoms with Crippen molar-refractivity contribution >= 4 is 17.3 Å². The predicted molar refractivity (Wildman–Crippen MR) is 133 cm³/mol. The van der Waals surface area contributed by atoms with E-state index in [1.165, 1.54) is 0 Å². The Morgan fingerprint density at radius 3 is 2.42 bits per heavy atom. The Morgan fingerprint density at radius 2 is 1.79 bits per heavy atom. The third-order valence-electron chi connectivity index (χ3n) is 6.60. The second-order valence-corrected chi connectivity index (χ2v) is 8.61. The number of piperidine rings is 1. The van der Waals surface area contributed by atoms with Crippen LogP contribution in [-0.2, 0) is 0 Å². The molecule has 0 saturated carbocycles. The summed E-state index contributed by atoms with van der Waals surface area (Å²) in [7, 11) is 0. The molecule has 4 rings (SSSR count). The molecule has 174 valence electrons. The van der Waals surface area contributed by atoms with E-state index in [0.717, 1.165) is 67.0 Å². The summed E-state index contributed by atoms with van der Waals surface area (Å²) in [6.07, 6.45) is 3.99. The molecule has 2 heterocycles. The summed E-state index contributed by atoms with van der Waals surface area (Å²) in [6, 6.07) is 13.9. The van der Waals surface area contributed by atoms with Crippen molar-refractivity contribution in [3.63, 3.8) is 0 Å². The summed E-state index contributed by atoms with van der Waals surface area (Å²) < 4.78 is 6.57. The highest BCUT2D eigenvalue weighted by Crippen LogP contribution is 2.44. The Morgan fingerprint density at radius 1 is 1.09 bits per heavy atom. The number of nitrogens with one attached hydrogen (secondary N) is 3. The zero-order valence-electron chi connectivity index (χ0n) is 19.8. The maximum atomic E-state index is 12.9. The third kappa shape index (κ3) is 4.53. The van der Waals surface area contributed by atoms with E-state index < -0.39 is 0 Å². The standard InChI is InChI=1S/C27H34N4O2/c1-4-30-26(32)21-8-7-9-23-24(21)22(18-27(33-23)14-16-29-17-15-27)19-10-12-20(13-11-19)25(28)31(5-2)6-3/h7-13,18,28-29H,4-6,14-17H2,1-3H3,(H,30,32). The van der Waals surface area contributed by atoms with Crippen LogP contribution in [0.5, 0.6) is 5.75 Å². The van der Waals surface area contributed by atoms with E-state index in [1.54, 1.807) is 0 Å². The summed E-state index contributed by atoms with van der Waals surface area (Å²) in [5.41, 5.74) is 4.05. The number of benzene rings is 2. The Kier molecular flexibility index (Phi) is 6.84. The van der Waals surface area contributed by atoms with Gasteiger partial charge in [-0.2, -0.15) is 0 Å². The monoisotopic (exact) mass is 446 g/mol. The SMILES string of the molecule is CCNC(=O)c1cccc2c1C(c1ccc(C(=N)N(CC)CC)cc1)=CC1(CCNCC1)O2. The smallest absolute Gasteiger partial charge is 0.252 e. The van der Waals surface area contributed by atoms with Gasteiger partial charge >= 0.3 is 0 Å². The van der Waals surface area contributed by atoms with Crippen molar-refractivity contribution in [2.45, 2.75) is 39.2 Å². The van der Waals surface area contributed by atoms with E-state index in [9.17, 15) is 4.79 Å². The van der Waals surface area contributed by atoms with Gasteiger partial charge in [0.1, 0.15) is 17.2 Å². The lowest BCUT2D eigenvalue weighted by Crippen LogP contribution is -2.46. The highest BCUT2D eigenvalue weighted by Gasteiger charge is 2.38. The van der Waals surface area contributed by atoms with Gasteiger partial charge in [0.25, 0.3) is 5.91 Å². The van der Waals surface area contributed by atoms with E-state index in [-0.39, 0.29) is 11.5 Å². The molecule has 2 aromatic carbocycles. The largest absolute Gasteiger partial charge is 0.482 e. The molecule has 2 aliphatic rings. The summed E-state index contributed by atoms with van der Waals surface area (Å²) in [4.78, 5) is 14.9. The maximum absolute atomic E-state index is 12.9. The van der Waals surface area contributed by atoms with Gasteiger partial charge in [-0.15, -0.1) is 0 Å². The van der Waals surface area contributed by atoms with Gasteiger partial charge in [-0.25, -0.2) is 0 Å². The van der Waals surface area contributed by atoms with Crippen LogP contribution in [0.15, 0.2) is 48.5 Å². The van der Waals surface area contributed by atoms with Gasteiger partial charge in [0.2, 0.25) is 0 Å². The molecule has 1 spiro atoms. The number of carbonyl (C=O) groups excluding carboxylic acids is 1. The quantitative estimate of drug-likeness (QED) is 0.462. The lowest BCUT2D eigenvalue weighted by molar-refractivity contribution is 0.0808. The second-order valence-electron chi connectivity index (χ2n) is 8.61. The van der Waals surface area contributed by atoms with Gasteiger partial charge in [-0.1, -0.05) is 30.3 Å². The molecule has 1 fully saturated rings. The molecule has 0 atom stereocenters. The Labute approximate surface area is 196 Å². The van der Waals surface area contributed by atoms with Crippen molar-refractivity contribution in [3.8, 4) is 5.75 Å². The van der Waals surface area contributed by atoms with Crippen LogP contribution in [0, 0.1) is 5.41 Å². The molecule has 2 aromatic rings. The first kappa shape index (κ1) is 23.1. The van der Waals surface area contributed by atoms with Crippen LogP contribution < -0.4 is 15.4 Å². The van der Waals surface area contributed by atoms with E-state index in [1.807, 2.05) is 42.2 Å². The minimum Gasteiger partial charge on any atom is -0.482 e. The maximum Gasteiger partial charge on any atom is 0.252 e. The first-order chi connectivity index (χ1) is 16.0. The Hall–Kier alpha value is -3.12. The number of hydrogen-bond donors (Lipinski definition) is 3. The molecule has 1 saturated heterocycles. The van der Waals surface area contributed by atoms with Gasteiger partial charge in [0.05, 0.1) is 5.56 Å². The van der Waals surface area contributed by atoms with Gasteiger partial charge in [0.15, 0.2) is 0 Å². The molecule has 6 heteroatoms. The number of rotatable bonds is 6. The van der Waals surface area contributed by atoms with Crippen molar-refractivity contribution in [1.29, 1.82) is 5.41 Å². The van der Waals surface area contributed by atoms with Crippen LogP contribution in [0.2, 0.25) is 0 Å². The number of ether oxygens (including phenoxy) is 1. The van der Waals surface area contributed by atoms with E-state index in [2.05, 4.69) is 42.7 Å². The van der Waals surface area contributed by atoms with Gasteiger partial charge in [-0.3, -0.25) is 10.2 Å². The molecule has 0 aliphatic carbocycles. The zero-order chi connectivity index (χ0) is 23.4. The fourth-order valence-electron chi connectivity index (χ4n) is 4.78. The van der Waals surface area contributed by atoms with Crippen molar-refractivity contribution in [1.82, 2.24) is 15.5 Å². The second kappa shape index (κ2) is 9.79. The summed E-state index contributed by atoms with van der Waals surface area (Å²) >= 11 is 0. The lowest BCUT2D eigenvalue weighted by Gasteiger charge is -2.40. The first-order valence-electron chi connectivity index (χ1n) is 12.0. The number of nitrogens with zero attached hydrogens (tertiary/aromatic N) is 1. The van der Waals surface area contributed by atoms with Gasteiger partial charge in [-0.05, 0) is 63.2 Å². The average Bonchev–Trinajstić information content (AvgIpc) is 2.84. The summed E-state index contributed by atoms with van der Waals surface area (Å²) in [6.45, 7) is 10.0. The summed E-state index contributed by atoms with van der Waals surface area (Å²) in [5.74, 6) is 1.20. The molecule has 3 N–H and O–H groups in total. The van der Waals surface area contributed by atoms with Gasteiger partial charge < -0.3 is 20.3 Å². The van der Waals surface area contributed by atoms with Crippen LogP contribution in [-0.4, -0.2) is 55.0 Å². The molecule has 1 amide bonds. The minimum absolute atomic E-state index is 0.0926. The number of carbonyl (C=O) groups is 1. The van der Waals surface area contributed by atoms with Crippen LogP contribution in [0.3, 0.4) is 0 Å². The fraction of sp³-hybridized carbons (Fsp3) is 0.407. The first-order valence-corrected chi connectivity index (χ1v) is 12.0. The van der Waals surface area contributed by atoms with Crippen molar-refractivity contribution in [2.24, 2.45) is 0 Å². The van der Waals surface area contributed by atoms with E-state index in [0.29, 0.717) is 17.9 Å². The van der Waals surface area contributed by atoms with Crippen LogP contribution in [0.1, 0.15) is 60.7 Å². The number of hydrogen-bond acceptors (Lipinski definition) is 4. The van der Waals surface area contributed by atoms with Crippen molar-refractivity contribution < 1.29 is 9.53 Å². The highest BCUT2D eigenvalue weighted by molar-refractivity contribution is 6.03. The topological polar surface area (TPSA) is 77.5 Å². The minimum atomic E-state index is -0.375. The highest BCUT2D eigenvalue weighted by atomic mass is 16.5. The third-order valence-corrected chi connectivity index (χ3v) is 6.60. The molecule has 0 radical (unpaired) electrons. The van der Waals surface area contributed by atoms with Crippen molar-refractivity contribution in [3.05, 3.63) is 70.8 Å². The molecule has 2 aliphatic heterocycles. The zero-order valence-corrected chi connectivity index (χ0v) is 19.8. The molecule has 33 heavy (non-hydrogen) atoms. The normalized spacial score (nSPS) is 16.4. The molecule has 6 nitrogen and oxygen atoms in total. The Balaban J connectivity index is 1.80. The van der Waals surface area contributed by atoms with Crippen LogP contribution in [0.4, 0.5) is 0 Å². The van der Waals surface area contributed by atoms with E-state index >= 15 is 0 Å². The fourth-order valence-corrected chi connectivity index (χ4v) is 4.78. The van der Waals surface area contributed by atoms with Crippen molar-refractivity contribution in [2.75, 3.05) is 32.7 Å². The molecular weight excluding hydrogens is 412 g/mol.